The van der Waals surface area contributed by atoms with E-state index in [1.165, 1.54) is 16.1 Å². The van der Waals surface area contributed by atoms with Gasteiger partial charge >= 0.3 is 18.4 Å². The molecule has 2 heterocycles. The summed E-state index contributed by atoms with van der Waals surface area (Å²) in [4.78, 5) is 28.2. The number of benzene rings is 1. The molecule has 2 aromatic heterocycles. The molecule has 0 atom stereocenters. The molecule has 0 spiro atoms. The number of carbonyl (C=O) groups excluding carboxylic acids is 2. The van der Waals surface area contributed by atoms with Crippen molar-refractivity contribution in [1.29, 1.82) is 0 Å². The Hall–Kier alpha value is -3.96. The van der Waals surface area contributed by atoms with Crippen LogP contribution in [0.5, 0.6) is 0 Å². The normalized spacial score (nSPS) is 12.2. The molecule has 12 heteroatoms. The number of hydrogen-bond donors (Lipinski definition) is 0. The van der Waals surface area contributed by atoms with Crippen molar-refractivity contribution >= 4 is 12.2 Å². The smallest absolute Gasteiger partial charge is 0.435 e. The van der Waals surface area contributed by atoms with Gasteiger partial charge in [0.15, 0.2) is 11.5 Å². The highest BCUT2D eigenvalue weighted by molar-refractivity contribution is 5.69. The fourth-order valence-corrected chi connectivity index (χ4v) is 3.59. The second kappa shape index (κ2) is 11.6. The first-order chi connectivity index (χ1) is 18.4. The van der Waals surface area contributed by atoms with Crippen molar-refractivity contribution in [2.24, 2.45) is 0 Å². The van der Waals surface area contributed by atoms with Crippen molar-refractivity contribution in [3.05, 3.63) is 60.0 Å². The van der Waals surface area contributed by atoms with E-state index in [0.717, 1.165) is 10.7 Å². The van der Waals surface area contributed by atoms with Crippen LogP contribution in [0.15, 0.2) is 53.1 Å². The van der Waals surface area contributed by atoms with Gasteiger partial charge < -0.3 is 23.7 Å². The molecule has 0 bridgehead atoms. The second-order valence-electron chi connectivity index (χ2n) is 11.3. The van der Waals surface area contributed by atoms with E-state index in [4.69, 9.17) is 13.9 Å². The van der Waals surface area contributed by atoms with Crippen LogP contribution in [0.25, 0.3) is 17.1 Å². The summed E-state index contributed by atoms with van der Waals surface area (Å²) in [5.41, 5.74) is -1.44. The largest absolute Gasteiger partial charge is 0.463 e. The quantitative estimate of drug-likeness (QED) is 0.315. The van der Waals surface area contributed by atoms with Gasteiger partial charge in [-0.05, 0) is 71.4 Å². The standard InChI is InChI=1S/C28H35F3N4O5/c1-26(2,3)39-24(36)33(7)13-14-34(25(37)40-27(4,5)6)18-19-10-8-11-20(16-19)35-21(22-12-9-15-38-22)17-23(32-35)28(29,30)31/h8-12,15-17H,13-14,18H2,1-7H3. The number of nitrogens with zero attached hydrogens (tertiary/aromatic N) is 4. The summed E-state index contributed by atoms with van der Waals surface area (Å²) < 4.78 is 58.0. The summed E-state index contributed by atoms with van der Waals surface area (Å²) >= 11 is 0. The summed E-state index contributed by atoms with van der Waals surface area (Å²) in [6, 6.07) is 10.7. The molecule has 0 saturated carbocycles. The van der Waals surface area contributed by atoms with Gasteiger partial charge in [0, 0.05) is 32.7 Å². The van der Waals surface area contributed by atoms with Crippen molar-refractivity contribution < 1.29 is 36.7 Å². The maximum Gasteiger partial charge on any atom is 0.435 e. The zero-order valence-electron chi connectivity index (χ0n) is 23.7. The van der Waals surface area contributed by atoms with Crippen LogP contribution in [0.3, 0.4) is 0 Å². The molecule has 0 radical (unpaired) electrons. The van der Waals surface area contributed by atoms with E-state index >= 15 is 0 Å². The number of amides is 2. The molecule has 0 N–H and O–H groups in total. The van der Waals surface area contributed by atoms with Gasteiger partial charge in [0.05, 0.1) is 12.0 Å². The Labute approximate surface area is 231 Å². The summed E-state index contributed by atoms with van der Waals surface area (Å²) in [6.45, 7) is 10.8. The third-order valence-corrected chi connectivity index (χ3v) is 5.36. The van der Waals surface area contributed by atoms with E-state index in [2.05, 4.69) is 5.10 Å². The summed E-state index contributed by atoms with van der Waals surface area (Å²) in [6.07, 6.45) is -4.44. The first-order valence-corrected chi connectivity index (χ1v) is 12.7. The number of furan rings is 1. The molecule has 0 fully saturated rings. The van der Waals surface area contributed by atoms with Gasteiger partial charge in [-0.3, -0.25) is 0 Å². The minimum absolute atomic E-state index is 0.0639. The van der Waals surface area contributed by atoms with Gasteiger partial charge in [-0.15, -0.1) is 0 Å². The second-order valence-corrected chi connectivity index (χ2v) is 11.3. The predicted octanol–water partition coefficient (Wildman–Crippen LogP) is 6.76. The highest BCUT2D eigenvalue weighted by Gasteiger charge is 2.36. The molecule has 2 amide bonds. The molecule has 1 aromatic carbocycles. The van der Waals surface area contributed by atoms with Crippen LogP contribution in [0.4, 0.5) is 22.8 Å². The van der Waals surface area contributed by atoms with Crippen molar-refractivity contribution in [3.63, 3.8) is 0 Å². The molecule has 0 saturated heterocycles. The first-order valence-electron chi connectivity index (χ1n) is 12.7. The first kappa shape index (κ1) is 30.6. The zero-order valence-corrected chi connectivity index (χ0v) is 23.7. The molecule has 0 aliphatic carbocycles. The molecule has 3 rings (SSSR count). The number of hydrogen-bond acceptors (Lipinski definition) is 6. The maximum atomic E-state index is 13.5. The van der Waals surface area contributed by atoms with Gasteiger partial charge in [0.2, 0.25) is 0 Å². The third kappa shape index (κ3) is 8.52. The Morgan fingerprint density at radius 3 is 2.15 bits per heavy atom. The average molecular weight is 565 g/mol. The minimum Gasteiger partial charge on any atom is -0.463 e. The maximum absolute atomic E-state index is 13.5. The van der Waals surface area contributed by atoms with E-state index < -0.39 is 35.3 Å². The molecule has 3 aromatic rings. The molecule has 218 valence electrons. The van der Waals surface area contributed by atoms with Crippen LogP contribution in [0.2, 0.25) is 0 Å². The van der Waals surface area contributed by atoms with E-state index in [9.17, 15) is 22.8 Å². The van der Waals surface area contributed by atoms with Gasteiger partial charge in [-0.2, -0.15) is 18.3 Å². The Morgan fingerprint density at radius 2 is 1.57 bits per heavy atom. The highest BCUT2D eigenvalue weighted by Crippen LogP contribution is 2.33. The zero-order chi connectivity index (χ0) is 29.9. The van der Waals surface area contributed by atoms with E-state index in [1.807, 2.05) is 0 Å². The lowest BCUT2D eigenvalue weighted by Crippen LogP contribution is -2.42. The molecule has 40 heavy (non-hydrogen) atoms. The molecule has 0 unspecified atom stereocenters. The number of carbonyl (C=O) groups is 2. The summed E-state index contributed by atoms with van der Waals surface area (Å²) in [5.74, 6) is 0.217. The van der Waals surface area contributed by atoms with Crippen LogP contribution in [-0.2, 0) is 22.2 Å². The lowest BCUT2D eigenvalue weighted by Gasteiger charge is -2.30. The van der Waals surface area contributed by atoms with Gasteiger partial charge in [-0.1, -0.05) is 12.1 Å². The summed E-state index contributed by atoms with van der Waals surface area (Å²) in [7, 11) is 1.56. The van der Waals surface area contributed by atoms with Crippen LogP contribution in [0, 0.1) is 0 Å². The number of likely N-dealkylation sites (N-methyl/N-ethyl adjacent to an activating group) is 1. The Kier molecular flexibility index (Phi) is 8.90. The average Bonchev–Trinajstić information content (AvgIpc) is 3.49. The Morgan fingerprint density at radius 1 is 0.925 bits per heavy atom. The molecular formula is C28H35F3N4O5. The fraction of sp³-hybridized carbons (Fsp3) is 0.464. The van der Waals surface area contributed by atoms with E-state index in [1.54, 1.807) is 85.0 Å². The Balaban J connectivity index is 1.89. The Bertz CT molecular complexity index is 1300. The van der Waals surface area contributed by atoms with E-state index in [0.29, 0.717) is 11.3 Å². The van der Waals surface area contributed by atoms with Gasteiger partial charge in [0.1, 0.15) is 16.9 Å². The third-order valence-electron chi connectivity index (χ3n) is 5.36. The van der Waals surface area contributed by atoms with Crippen molar-refractivity contribution in [3.8, 4) is 17.1 Å². The van der Waals surface area contributed by atoms with Crippen molar-refractivity contribution in [1.82, 2.24) is 19.6 Å². The fourth-order valence-electron chi connectivity index (χ4n) is 3.59. The van der Waals surface area contributed by atoms with Crippen molar-refractivity contribution in [2.45, 2.75) is 65.5 Å². The molecular weight excluding hydrogens is 529 g/mol. The topological polar surface area (TPSA) is 90.0 Å². The number of ether oxygens (including phenoxy) is 2. The van der Waals surface area contributed by atoms with Crippen LogP contribution < -0.4 is 0 Å². The van der Waals surface area contributed by atoms with Crippen molar-refractivity contribution in [2.75, 3.05) is 20.1 Å². The molecule has 0 aliphatic rings. The molecule has 9 nitrogen and oxygen atoms in total. The summed E-state index contributed by atoms with van der Waals surface area (Å²) in [5, 5.41) is 3.79. The van der Waals surface area contributed by atoms with Crippen LogP contribution in [0.1, 0.15) is 52.8 Å². The number of aromatic nitrogens is 2. The predicted molar refractivity (Wildman–Crippen MR) is 142 cm³/mol. The lowest BCUT2D eigenvalue weighted by atomic mass is 10.1. The van der Waals surface area contributed by atoms with Crippen LogP contribution >= 0.6 is 0 Å². The lowest BCUT2D eigenvalue weighted by molar-refractivity contribution is -0.141. The number of alkyl halides is 3. The van der Waals surface area contributed by atoms with E-state index in [-0.39, 0.29) is 31.1 Å². The number of halogens is 3. The van der Waals surface area contributed by atoms with Crippen LogP contribution in [-0.4, -0.2) is 63.1 Å². The van der Waals surface area contributed by atoms with Gasteiger partial charge in [0.25, 0.3) is 0 Å². The molecule has 0 aliphatic heterocycles. The number of rotatable bonds is 7. The van der Waals surface area contributed by atoms with Gasteiger partial charge in [-0.25, -0.2) is 14.3 Å². The monoisotopic (exact) mass is 564 g/mol. The minimum atomic E-state index is -4.65. The highest BCUT2D eigenvalue weighted by atomic mass is 19.4. The SMILES string of the molecule is CN(CCN(Cc1cccc(-n2nc(C(F)(F)F)cc2-c2ccco2)c1)C(=O)OC(C)(C)C)C(=O)OC(C)(C)C.